The summed E-state index contributed by atoms with van der Waals surface area (Å²) in [5.74, 6) is 0. The molecule has 0 bridgehead atoms. The van der Waals surface area contributed by atoms with E-state index in [4.69, 9.17) is 5.73 Å². The fourth-order valence-electron chi connectivity index (χ4n) is 4.51. The molecule has 0 atom stereocenters. The molecule has 0 unspecified atom stereocenters. The smallest absolute Gasteiger partial charge is 0.0803 e. The number of aliphatic hydroxyl groups is 1. The van der Waals surface area contributed by atoms with Gasteiger partial charge in [0.15, 0.2) is 0 Å². The molecule has 156 valence electrons. The van der Waals surface area contributed by atoms with Crippen molar-refractivity contribution in [3.05, 3.63) is 83.2 Å². The third-order valence-corrected chi connectivity index (χ3v) is 6.15. The lowest BCUT2D eigenvalue weighted by Gasteiger charge is -2.40. The highest BCUT2D eigenvalue weighted by atomic mass is 16.3. The monoisotopic (exact) mass is 401 g/mol. The summed E-state index contributed by atoms with van der Waals surface area (Å²) < 4.78 is 0. The molecular weight excluding hydrogens is 370 g/mol. The molecule has 3 N–H and O–H groups in total. The van der Waals surface area contributed by atoms with Gasteiger partial charge in [0.2, 0.25) is 0 Å². The van der Waals surface area contributed by atoms with E-state index in [9.17, 15) is 5.11 Å². The Labute approximate surface area is 179 Å². The fourth-order valence-corrected chi connectivity index (χ4v) is 4.51. The Bertz CT molecular complexity index is 988. The van der Waals surface area contributed by atoms with Crippen molar-refractivity contribution < 1.29 is 5.11 Å². The lowest BCUT2D eigenvalue weighted by molar-refractivity contribution is 0.0250. The minimum Gasteiger partial charge on any atom is -0.388 e. The second-order valence-corrected chi connectivity index (χ2v) is 8.65. The number of piperidine rings is 1. The molecule has 0 radical (unpaired) electrons. The molecule has 4 rings (SSSR count). The third-order valence-electron chi connectivity index (χ3n) is 6.15. The van der Waals surface area contributed by atoms with Gasteiger partial charge in [0.1, 0.15) is 0 Å². The Balaban J connectivity index is 1.79. The van der Waals surface area contributed by atoms with Gasteiger partial charge in [-0.1, -0.05) is 59.7 Å². The van der Waals surface area contributed by atoms with Gasteiger partial charge in [-0.2, -0.15) is 0 Å². The summed E-state index contributed by atoms with van der Waals surface area (Å²) >= 11 is 0. The first-order chi connectivity index (χ1) is 14.5. The summed E-state index contributed by atoms with van der Waals surface area (Å²) in [7, 11) is 0. The fraction of sp³-hybridized carbons (Fsp3) is 0.346. The molecule has 1 aliphatic rings. The number of aromatic nitrogens is 1. The standard InChI is InChI=1S/C26H31N3O/c1-19-12-20(2)14-22(13-19)24-17-28-16-23(15-21-6-4-3-5-7-21)25(24)29-10-8-26(30,18-27)9-11-29/h3-7,12-14,16-17,30H,8-11,15,18,27H2,1-2H3. The van der Waals surface area contributed by atoms with Gasteiger partial charge in [0, 0.05) is 44.0 Å². The molecule has 1 aromatic heterocycles. The van der Waals surface area contributed by atoms with E-state index in [0.29, 0.717) is 19.4 Å². The van der Waals surface area contributed by atoms with E-state index >= 15 is 0 Å². The van der Waals surface area contributed by atoms with E-state index in [-0.39, 0.29) is 0 Å². The largest absolute Gasteiger partial charge is 0.388 e. The second-order valence-electron chi connectivity index (χ2n) is 8.65. The highest BCUT2D eigenvalue weighted by Crippen LogP contribution is 2.38. The molecule has 30 heavy (non-hydrogen) atoms. The number of rotatable bonds is 5. The Kier molecular flexibility index (Phi) is 5.89. The van der Waals surface area contributed by atoms with Crippen molar-refractivity contribution in [1.29, 1.82) is 0 Å². The van der Waals surface area contributed by atoms with Crippen molar-refractivity contribution in [2.45, 2.75) is 38.7 Å². The van der Waals surface area contributed by atoms with Crippen molar-refractivity contribution in [1.82, 2.24) is 4.98 Å². The number of nitrogens with zero attached hydrogens (tertiary/aromatic N) is 2. The average Bonchev–Trinajstić information content (AvgIpc) is 2.74. The topological polar surface area (TPSA) is 62.4 Å². The van der Waals surface area contributed by atoms with E-state index in [1.165, 1.54) is 33.5 Å². The zero-order valence-electron chi connectivity index (χ0n) is 17.9. The van der Waals surface area contributed by atoms with Crippen LogP contribution in [0.2, 0.25) is 0 Å². The van der Waals surface area contributed by atoms with E-state index < -0.39 is 5.60 Å². The number of benzene rings is 2. The van der Waals surface area contributed by atoms with Gasteiger partial charge >= 0.3 is 0 Å². The first kappa shape index (κ1) is 20.6. The van der Waals surface area contributed by atoms with Gasteiger partial charge in [-0.15, -0.1) is 0 Å². The molecule has 0 saturated carbocycles. The summed E-state index contributed by atoms with van der Waals surface area (Å²) in [6.45, 7) is 6.17. The summed E-state index contributed by atoms with van der Waals surface area (Å²) in [5.41, 5.74) is 13.7. The van der Waals surface area contributed by atoms with Crippen LogP contribution in [-0.2, 0) is 6.42 Å². The summed E-state index contributed by atoms with van der Waals surface area (Å²) in [5, 5.41) is 10.6. The lowest BCUT2D eigenvalue weighted by Crippen LogP contribution is -2.49. The first-order valence-corrected chi connectivity index (χ1v) is 10.7. The SMILES string of the molecule is Cc1cc(C)cc(-c2cncc(Cc3ccccc3)c2N2CCC(O)(CN)CC2)c1. The van der Waals surface area contributed by atoms with Gasteiger partial charge < -0.3 is 15.7 Å². The maximum absolute atomic E-state index is 10.6. The minimum absolute atomic E-state index is 0.317. The van der Waals surface area contributed by atoms with E-state index in [2.05, 4.69) is 66.2 Å². The van der Waals surface area contributed by atoms with Crippen LogP contribution in [0.3, 0.4) is 0 Å². The summed E-state index contributed by atoms with van der Waals surface area (Å²) in [6.07, 6.45) is 6.19. The van der Waals surface area contributed by atoms with Crippen LogP contribution in [0.1, 0.15) is 35.1 Å². The van der Waals surface area contributed by atoms with Crippen molar-refractivity contribution in [2.75, 3.05) is 24.5 Å². The van der Waals surface area contributed by atoms with Crippen LogP contribution in [0.4, 0.5) is 5.69 Å². The van der Waals surface area contributed by atoms with E-state index in [0.717, 1.165) is 25.1 Å². The van der Waals surface area contributed by atoms with Gasteiger partial charge in [-0.05, 0) is 43.4 Å². The van der Waals surface area contributed by atoms with Crippen LogP contribution >= 0.6 is 0 Å². The number of nitrogens with two attached hydrogens (primary N) is 1. The van der Waals surface area contributed by atoms with Crippen LogP contribution in [-0.4, -0.2) is 35.3 Å². The highest BCUT2D eigenvalue weighted by molar-refractivity contribution is 5.81. The van der Waals surface area contributed by atoms with Crippen LogP contribution in [0.5, 0.6) is 0 Å². The quantitative estimate of drug-likeness (QED) is 0.671. The second kappa shape index (κ2) is 8.58. The predicted molar refractivity (Wildman–Crippen MR) is 124 cm³/mol. The average molecular weight is 402 g/mol. The normalized spacial score (nSPS) is 15.9. The Morgan fingerprint density at radius 2 is 1.67 bits per heavy atom. The van der Waals surface area contributed by atoms with Crippen molar-refractivity contribution in [2.24, 2.45) is 5.73 Å². The van der Waals surface area contributed by atoms with Gasteiger partial charge in [0.05, 0.1) is 11.3 Å². The lowest BCUT2D eigenvalue weighted by atomic mass is 9.89. The van der Waals surface area contributed by atoms with Crippen molar-refractivity contribution in [3.63, 3.8) is 0 Å². The number of pyridine rings is 1. The highest BCUT2D eigenvalue weighted by Gasteiger charge is 2.32. The minimum atomic E-state index is -0.747. The maximum atomic E-state index is 10.6. The molecule has 0 aliphatic carbocycles. The molecular formula is C26H31N3O. The predicted octanol–water partition coefficient (Wildman–Crippen LogP) is 4.25. The molecule has 0 spiro atoms. The van der Waals surface area contributed by atoms with E-state index in [1.54, 1.807) is 0 Å². The Morgan fingerprint density at radius 1 is 1.00 bits per heavy atom. The molecule has 4 heteroatoms. The molecule has 1 saturated heterocycles. The summed E-state index contributed by atoms with van der Waals surface area (Å²) in [6, 6.07) is 17.2. The van der Waals surface area contributed by atoms with Crippen molar-refractivity contribution in [3.8, 4) is 11.1 Å². The first-order valence-electron chi connectivity index (χ1n) is 10.7. The number of hydrogen-bond acceptors (Lipinski definition) is 4. The van der Waals surface area contributed by atoms with E-state index in [1.807, 2.05) is 18.5 Å². The molecule has 3 aromatic rings. The van der Waals surface area contributed by atoms with Crippen LogP contribution < -0.4 is 10.6 Å². The Hall–Kier alpha value is -2.69. The van der Waals surface area contributed by atoms with Gasteiger partial charge in [-0.25, -0.2) is 0 Å². The van der Waals surface area contributed by atoms with Crippen LogP contribution in [0.25, 0.3) is 11.1 Å². The number of aryl methyl sites for hydroxylation is 2. The summed E-state index contributed by atoms with van der Waals surface area (Å²) in [4.78, 5) is 7.03. The zero-order chi connectivity index (χ0) is 21.1. The van der Waals surface area contributed by atoms with Gasteiger partial charge in [-0.3, -0.25) is 4.98 Å². The molecule has 4 nitrogen and oxygen atoms in total. The molecule has 2 aromatic carbocycles. The molecule has 0 amide bonds. The van der Waals surface area contributed by atoms with Crippen LogP contribution in [0.15, 0.2) is 60.9 Å². The maximum Gasteiger partial charge on any atom is 0.0803 e. The van der Waals surface area contributed by atoms with Crippen molar-refractivity contribution >= 4 is 5.69 Å². The number of anilines is 1. The van der Waals surface area contributed by atoms with Gasteiger partial charge in [0.25, 0.3) is 0 Å². The molecule has 1 fully saturated rings. The molecule has 1 aliphatic heterocycles. The zero-order valence-corrected chi connectivity index (χ0v) is 17.9. The number of hydrogen-bond donors (Lipinski definition) is 2. The third kappa shape index (κ3) is 4.40. The molecule has 2 heterocycles. The Morgan fingerprint density at radius 3 is 2.30 bits per heavy atom. The van der Waals surface area contributed by atoms with Crippen LogP contribution in [0, 0.1) is 13.8 Å².